The number of halogens is 2. The topological polar surface area (TPSA) is 64.2 Å². The average molecular weight is 519 g/mol. The van der Waals surface area contributed by atoms with Crippen LogP contribution in [-0.4, -0.2) is 33.7 Å². The van der Waals surface area contributed by atoms with Gasteiger partial charge in [-0.05, 0) is 73.5 Å². The summed E-state index contributed by atoms with van der Waals surface area (Å²) in [5.74, 6) is -0.0264. The summed E-state index contributed by atoms with van der Waals surface area (Å²) in [7, 11) is 0. The van der Waals surface area contributed by atoms with Gasteiger partial charge in [0.25, 0.3) is 0 Å². The highest BCUT2D eigenvalue weighted by atomic mass is 35.5. The third kappa shape index (κ3) is 5.81. The molecule has 3 aromatic carbocycles. The number of carbonyl (C=O) groups is 1. The predicted molar refractivity (Wildman–Crippen MR) is 145 cm³/mol. The van der Waals surface area contributed by atoms with Gasteiger partial charge < -0.3 is 5.73 Å². The molecule has 2 heterocycles. The van der Waals surface area contributed by atoms with E-state index in [-0.39, 0.29) is 0 Å². The molecule has 0 bridgehead atoms. The fourth-order valence-electron chi connectivity index (χ4n) is 4.91. The standard InChI is InChI=1S/C29H28Cl2N4O/c30-25-14-24(15-26(31)16-25)27-17-28(35(33-27)19-21-6-8-23(9-7-21)29(32)36)22-10-12-34(13-11-22)18-20-4-2-1-3-5-20/h1-9,14-17,22H,10-13,18-19H2,(H2,32,36). The first-order valence-corrected chi connectivity index (χ1v) is 12.9. The molecule has 7 heteroatoms. The molecular weight excluding hydrogens is 491 g/mol. The molecule has 0 spiro atoms. The van der Waals surface area contributed by atoms with Crippen molar-refractivity contribution in [3.05, 3.63) is 111 Å². The van der Waals surface area contributed by atoms with Gasteiger partial charge in [0.05, 0.1) is 12.2 Å². The fraction of sp³-hybridized carbons (Fsp3) is 0.241. The SMILES string of the molecule is NC(=O)c1ccc(Cn2nc(-c3cc(Cl)cc(Cl)c3)cc2C2CCN(Cc3ccccc3)CC2)cc1. The number of benzene rings is 3. The number of primary amides is 1. The normalized spacial score (nSPS) is 14.7. The van der Waals surface area contributed by atoms with E-state index in [1.54, 1.807) is 18.2 Å². The third-order valence-electron chi connectivity index (χ3n) is 6.80. The molecule has 5 nitrogen and oxygen atoms in total. The summed E-state index contributed by atoms with van der Waals surface area (Å²) in [5.41, 5.74) is 11.3. The summed E-state index contributed by atoms with van der Waals surface area (Å²) in [6.45, 7) is 3.66. The van der Waals surface area contributed by atoms with E-state index in [2.05, 4.69) is 46.0 Å². The van der Waals surface area contributed by atoms with Crippen LogP contribution in [-0.2, 0) is 13.1 Å². The number of rotatable bonds is 7. The van der Waals surface area contributed by atoms with Crippen LogP contribution in [0.5, 0.6) is 0 Å². The molecule has 1 saturated heterocycles. The molecule has 0 atom stereocenters. The maximum atomic E-state index is 11.5. The number of hydrogen-bond donors (Lipinski definition) is 1. The molecule has 0 radical (unpaired) electrons. The second-order valence-corrected chi connectivity index (χ2v) is 10.2. The second kappa shape index (κ2) is 10.9. The zero-order chi connectivity index (χ0) is 25.1. The van der Waals surface area contributed by atoms with Crippen LogP contribution in [0.15, 0.2) is 78.9 Å². The van der Waals surface area contributed by atoms with Gasteiger partial charge in [-0.3, -0.25) is 14.4 Å². The summed E-state index contributed by atoms with van der Waals surface area (Å²) in [6.07, 6.45) is 2.13. The highest BCUT2D eigenvalue weighted by Crippen LogP contribution is 2.33. The Morgan fingerprint density at radius 2 is 1.50 bits per heavy atom. The van der Waals surface area contributed by atoms with Crippen molar-refractivity contribution in [1.29, 1.82) is 0 Å². The van der Waals surface area contributed by atoms with Gasteiger partial charge in [-0.25, -0.2) is 0 Å². The summed E-state index contributed by atoms with van der Waals surface area (Å²) >= 11 is 12.6. The molecular formula is C29H28Cl2N4O. The third-order valence-corrected chi connectivity index (χ3v) is 7.23. The van der Waals surface area contributed by atoms with Gasteiger partial charge in [-0.2, -0.15) is 5.10 Å². The van der Waals surface area contributed by atoms with E-state index in [4.69, 9.17) is 34.0 Å². The van der Waals surface area contributed by atoms with Crippen molar-refractivity contribution in [3.8, 4) is 11.3 Å². The molecule has 1 fully saturated rings. The Labute approximate surface area is 221 Å². The van der Waals surface area contributed by atoms with E-state index in [0.717, 1.165) is 49.3 Å². The predicted octanol–water partition coefficient (Wildman–Crippen LogP) is 6.38. The molecule has 36 heavy (non-hydrogen) atoms. The number of amides is 1. The Hall–Kier alpha value is -3.12. The summed E-state index contributed by atoms with van der Waals surface area (Å²) in [4.78, 5) is 14.0. The number of hydrogen-bond acceptors (Lipinski definition) is 3. The number of likely N-dealkylation sites (tertiary alicyclic amines) is 1. The molecule has 1 aliphatic heterocycles. The van der Waals surface area contributed by atoms with Crippen molar-refractivity contribution in [2.24, 2.45) is 5.73 Å². The van der Waals surface area contributed by atoms with Crippen LogP contribution in [0.4, 0.5) is 0 Å². The van der Waals surface area contributed by atoms with Crippen LogP contribution in [0.1, 0.15) is 45.9 Å². The van der Waals surface area contributed by atoms with Crippen molar-refractivity contribution in [3.63, 3.8) is 0 Å². The molecule has 184 valence electrons. The first-order chi connectivity index (χ1) is 17.4. The van der Waals surface area contributed by atoms with E-state index in [9.17, 15) is 4.79 Å². The van der Waals surface area contributed by atoms with Crippen molar-refractivity contribution in [1.82, 2.24) is 14.7 Å². The Bertz CT molecular complexity index is 1320. The van der Waals surface area contributed by atoms with Gasteiger partial charge in [-0.15, -0.1) is 0 Å². The minimum atomic E-state index is -0.427. The number of carbonyl (C=O) groups excluding carboxylic acids is 1. The minimum Gasteiger partial charge on any atom is -0.366 e. The van der Waals surface area contributed by atoms with Gasteiger partial charge in [-0.1, -0.05) is 65.7 Å². The van der Waals surface area contributed by atoms with E-state index >= 15 is 0 Å². The molecule has 1 aromatic heterocycles. The lowest BCUT2D eigenvalue weighted by Gasteiger charge is -2.32. The molecule has 4 aromatic rings. The zero-order valence-corrected chi connectivity index (χ0v) is 21.4. The second-order valence-electron chi connectivity index (χ2n) is 9.37. The van der Waals surface area contributed by atoms with E-state index < -0.39 is 5.91 Å². The largest absolute Gasteiger partial charge is 0.366 e. The Balaban J connectivity index is 1.39. The zero-order valence-electron chi connectivity index (χ0n) is 19.9. The van der Waals surface area contributed by atoms with Gasteiger partial charge in [0.1, 0.15) is 0 Å². The van der Waals surface area contributed by atoms with Crippen LogP contribution < -0.4 is 5.73 Å². The average Bonchev–Trinajstić information content (AvgIpc) is 3.29. The molecule has 1 aliphatic rings. The Morgan fingerprint density at radius 1 is 0.861 bits per heavy atom. The monoisotopic (exact) mass is 518 g/mol. The Morgan fingerprint density at radius 3 is 2.14 bits per heavy atom. The lowest BCUT2D eigenvalue weighted by atomic mass is 9.92. The van der Waals surface area contributed by atoms with Crippen LogP contribution >= 0.6 is 23.2 Å². The van der Waals surface area contributed by atoms with Crippen LogP contribution in [0.25, 0.3) is 11.3 Å². The molecule has 2 N–H and O–H groups in total. The molecule has 5 rings (SSSR count). The smallest absolute Gasteiger partial charge is 0.248 e. The van der Waals surface area contributed by atoms with Crippen LogP contribution in [0.2, 0.25) is 10.0 Å². The quantitative estimate of drug-likeness (QED) is 0.308. The summed E-state index contributed by atoms with van der Waals surface area (Å²) in [5, 5.41) is 6.15. The van der Waals surface area contributed by atoms with Crippen molar-refractivity contribution < 1.29 is 4.79 Å². The Kier molecular flexibility index (Phi) is 7.42. The minimum absolute atomic E-state index is 0.401. The van der Waals surface area contributed by atoms with Gasteiger partial charge >= 0.3 is 0 Å². The van der Waals surface area contributed by atoms with E-state index in [0.29, 0.717) is 28.1 Å². The number of nitrogens with two attached hydrogens (primary N) is 1. The maximum absolute atomic E-state index is 11.5. The van der Waals surface area contributed by atoms with Crippen molar-refractivity contribution >= 4 is 29.1 Å². The van der Waals surface area contributed by atoms with Gasteiger partial charge in [0.2, 0.25) is 5.91 Å². The number of piperidine rings is 1. The van der Waals surface area contributed by atoms with Crippen molar-refractivity contribution in [2.75, 3.05) is 13.1 Å². The lowest BCUT2D eigenvalue weighted by molar-refractivity contribution is 0.100. The summed E-state index contributed by atoms with van der Waals surface area (Å²) < 4.78 is 2.08. The number of nitrogens with zero attached hydrogens (tertiary/aromatic N) is 3. The highest BCUT2D eigenvalue weighted by Gasteiger charge is 2.25. The van der Waals surface area contributed by atoms with Gasteiger partial charge in [0, 0.05) is 39.3 Å². The lowest BCUT2D eigenvalue weighted by Crippen LogP contribution is -2.33. The summed E-state index contributed by atoms with van der Waals surface area (Å²) in [6, 6.07) is 25.7. The first-order valence-electron chi connectivity index (χ1n) is 12.1. The molecule has 1 amide bonds. The van der Waals surface area contributed by atoms with Gasteiger partial charge in [0.15, 0.2) is 0 Å². The fourth-order valence-corrected chi connectivity index (χ4v) is 5.43. The van der Waals surface area contributed by atoms with E-state index in [1.807, 2.05) is 24.3 Å². The van der Waals surface area contributed by atoms with E-state index in [1.165, 1.54) is 11.3 Å². The molecule has 0 saturated carbocycles. The molecule has 0 unspecified atom stereocenters. The number of aromatic nitrogens is 2. The molecule has 0 aliphatic carbocycles. The van der Waals surface area contributed by atoms with Crippen molar-refractivity contribution in [2.45, 2.75) is 31.8 Å². The first kappa shape index (κ1) is 24.6. The maximum Gasteiger partial charge on any atom is 0.248 e. The van der Waals surface area contributed by atoms with Crippen LogP contribution in [0.3, 0.4) is 0 Å². The van der Waals surface area contributed by atoms with Crippen LogP contribution in [0, 0.1) is 0 Å². The highest BCUT2D eigenvalue weighted by molar-refractivity contribution is 6.35.